The zero-order valence-electron chi connectivity index (χ0n) is 37.3. The van der Waals surface area contributed by atoms with Crippen molar-refractivity contribution in [1.29, 1.82) is 0 Å². The fraction of sp³-hybridized carbons (Fsp3) is 0. The molecule has 0 aliphatic rings. The maximum Gasteiger partial charge on any atom is 0.136 e. The van der Waals surface area contributed by atoms with E-state index >= 15 is 0 Å². The van der Waals surface area contributed by atoms with Gasteiger partial charge in [0.15, 0.2) is 0 Å². The lowest BCUT2D eigenvalue weighted by atomic mass is 9.90. The second kappa shape index (κ2) is 15.7. The van der Waals surface area contributed by atoms with Crippen molar-refractivity contribution in [3.05, 3.63) is 237 Å². The summed E-state index contributed by atoms with van der Waals surface area (Å²) in [5, 5.41) is 11.5. The molecule has 0 bridgehead atoms. The van der Waals surface area contributed by atoms with Crippen molar-refractivity contribution < 1.29 is 4.42 Å². The summed E-state index contributed by atoms with van der Waals surface area (Å²) in [6.45, 7) is 0. The molecule has 11 aromatic carbocycles. The molecule has 0 saturated heterocycles. The molecule has 14 rings (SSSR count). The van der Waals surface area contributed by atoms with Gasteiger partial charge in [-0.3, -0.25) is 4.98 Å². The Kier molecular flexibility index (Phi) is 8.86. The van der Waals surface area contributed by atoms with Crippen LogP contribution in [0.5, 0.6) is 0 Å². The van der Waals surface area contributed by atoms with Crippen LogP contribution in [0.25, 0.3) is 143 Å². The van der Waals surface area contributed by atoms with E-state index in [1.807, 2.05) is 6.20 Å². The standard InChI is InChI=1S/C65H39N3O/c1-3-16-40(17-4-1)49-28-15-29-62-63(49)57-35-42(30-31-61(57)69-62)44-37-58(41-18-5-2-6-19-41)67-59(38-44)46-32-45(56-36-43-20-7-8-21-48(43)50-22-9-10-25-53(50)56)33-47(34-46)60-39-66-64-54-26-13-11-23-51(54)52-24-12-14-27-55(52)65(64)68-60/h1-39H. The van der Waals surface area contributed by atoms with E-state index in [1.54, 1.807) is 0 Å². The lowest BCUT2D eigenvalue weighted by Gasteiger charge is -2.16. The smallest absolute Gasteiger partial charge is 0.136 e. The molecule has 0 radical (unpaired) electrons. The monoisotopic (exact) mass is 877 g/mol. The minimum absolute atomic E-state index is 0.794. The molecular weight excluding hydrogens is 839 g/mol. The Morgan fingerprint density at radius 2 is 0.855 bits per heavy atom. The first-order valence-corrected chi connectivity index (χ1v) is 23.4. The Morgan fingerprint density at radius 1 is 0.275 bits per heavy atom. The maximum atomic E-state index is 6.51. The quantitative estimate of drug-likeness (QED) is 0.156. The van der Waals surface area contributed by atoms with E-state index in [4.69, 9.17) is 19.4 Å². The molecule has 0 amide bonds. The number of fused-ring (bicyclic) bond motifs is 12. The second-order valence-corrected chi connectivity index (χ2v) is 17.9. The normalized spacial score (nSPS) is 11.8. The summed E-state index contributed by atoms with van der Waals surface area (Å²) in [5.74, 6) is 0. The fourth-order valence-corrected chi connectivity index (χ4v) is 10.6. The molecule has 0 spiro atoms. The van der Waals surface area contributed by atoms with Gasteiger partial charge in [-0.15, -0.1) is 0 Å². The van der Waals surface area contributed by atoms with Crippen molar-refractivity contribution in [1.82, 2.24) is 15.0 Å². The third-order valence-corrected chi connectivity index (χ3v) is 13.8. The highest BCUT2D eigenvalue weighted by Crippen LogP contribution is 2.43. The van der Waals surface area contributed by atoms with Crippen molar-refractivity contribution in [2.75, 3.05) is 0 Å². The predicted molar refractivity (Wildman–Crippen MR) is 287 cm³/mol. The number of furan rings is 1. The van der Waals surface area contributed by atoms with Gasteiger partial charge in [-0.25, -0.2) is 9.97 Å². The molecule has 0 aliphatic heterocycles. The van der Waals surface area contributed by atoms with E-state index < -0.39 is 0 Å². The van der Waals surface area contributed by atoms with Gasteiger partial charge in [0.1, 0.15) is 11.2 Å². The van der Waals surface area contributed by atoms with Crippen molar-refractivity contribution in [2.24, 2.45) is 0 Å². The Balaban J connectivity index is 1.02. The van der Waals surface area contributed by atoms with Crippen molar-refractivity contribution >= 4 is 76.1 Å². The first kappa shape index (κ1) is 39.0. The third-order valence-electron chi connectivity index (χ3n) is 13.8. The van der Waals surface area contributed by atoms with Crippen LogP contribution in [0.2, 0.25) is 0 Å². The van der Waals surface area contributed by atoms with E-state index in [0.717, 1.165) is 116 Å². The van der Waals surface area contributed by atoms with E-state index in [2.05, 4.69) is 231 Å². The minimum Gasteiger partial charge on any atom is -0.456 e. The Labute approximate surface area is 397 Å². The average molecular weight is 878 g/mol. The van der Waals surface area contributed by atoms with Gasteiger partial charge in [0.2, 0.25) is 0 Å². The predicted octanol–water partition coefficient (Wildman–Crippen LogP) is 17.5. The molecule has 69 heavy (non-hydrogen) atoms. The molecule has 0 saturated carbocycles. The van der Waals surface area contributed by atoms with Crippen LogP contribution in [0.4, 0.5) is 0 Å². The summed E-state index contributed by atoms with van der Waals surface area (Å²) in [5.41, 5.74) is 15.7. The molecule has 3 aromatic heterocycles. The van der Waals surface area contributed by atoms with Crippen LogP contribution in [-0.2, 0) is 0 Å². The molecular formula is C65H39N3O. The van der Waals surface area contributed by atoms with Gasteiger partial charge < -0.3 is 4.42 Å². The lowest BCUT2D eigenvalue weighted by Crippen LogP contribution is -1.95. The van der Waals surface area contributed by atoms with Crippen LogP contribution in [0.15, 0.2) is 241 Å². The lowest BCUT2D eigenvalue weighted by molar-refractivity contribution is 0.669. The van der Waals surface area contributed by atoms with Crippen molar-refractivity contribution in [2.45, 2.75) is 0 Å². The molecule has 0 N–H and O–H groups in total. The molecule has 320 valence electrons. The number of nitrogens with zero attached hydrogens (tertiary/aromatic N) is 3. The molecule has 0 unspecified atom stereocenters. The number of rotatable bonds is 6. The SMILES string of the molecule is c1ccc(-c2cc(-c3ccc4oc5cccc(-c6ccccc6)c5c4c3)cc(-c3cc(-c4cnc5c6ccccc6c6ccccc6c5n4)cc(-c4cc5ccccc5c5ccccc45)c3)n2)cc1. The van der Waals surface area contributed by atoms with Gasteiger partial charge in [0.25, 0.3) is 0 Å². The summed E-state index contributed by atoms with van der Waals surface area (Å²) in [6.07, 6.45) is 1.94. The molecule has 0 fully saturated rings. The average Bonchev–Trinajstić information content (AvgIpc) is 3.81. The number of benzene rings is 11. The van der Waals surface area contributed by atoms with Gasteiger partial charge in [0, 0.05) is 38.2 Å². The van der Waals surface area contributed by atoms with E-state index in [1.165, 1.54) is 26.9 Å². The molecule has 4 heteroatoms. The highest BCUT2D eigenvalue weighted by atomic mass is 16.3. The largest absolute Gasteiger partial charge is 0.456 e. The van der Waals surface area contributed by atoms with Gasteiger partial charge in [0.05, 0.1) is 34.3 Å². The van der Waals surface area contributed by atoms with Crippen molar-refractivity contribution in [3.8, 4) is 67.2 Å². The Hall–Kier alpha value is -9.25. The van der Waals surface area contributed by atoms with E-state index in [0.29, 0.717) is 0 Å². The molecule has 14 aromatic rings. The van der Waals surface area contributed by atoms with Crippen LogP contribution < -0.4 is 0 Å². The summed E-state index contributed by atoms with van der Waals surface area (Å²) >= 11 is 0. The second-order valence-electron chi connectivity index (χ2n) is 17.9. The zero-order valence-corrected chi connectivity index (χ0v) is 37.3. The third kappa shape index (κ3) is 6.49. The van der Waals surface area contributed by atoms with Crippen LogP contribution in [0, 0.1) is 0 Å². The summed E-state index contributed by atoms with van der Waals surface area (Å²) in [7, 11) is 0. The zero-order chi connectivity index (χ0) is 45.4. The highest BCUT2D eigenvalue weighted by molar-refractivity contribution is 6.23. The topological polar surface area (TPSA) is 51.8 Å². The number of hydrogen-bond donors (Lipinski definition) is 0. The molecule has 0 atom stereocenters. The van der Waals surface area contributed by atoms with Gasteiger partial charge in [-0.2, -0.15) is 0 Å². The number of aromatic nitrogens is 3. The molecule has 4 nitrogen and oxygen atoms in total. The molecule has 0 aliphatic carbocycles. The van der Waals surface area contributed by atoms with E-state index in [-0.39, 0.29) is 0 Å². The van der Waals surface area contributed by atoms with Crippen LogP contribution in [-0.4, -0.2) is 15.0 Å². The van der Waals surface area contributed by atoms with Crippen LogP contribution in [0.3, 0.4) is 0 Å². The van der Waals surface area contributed by atoms with Crippen LogP contribution >= 0.6 is 0 Å². The fourth-order valence-electron chi connectivity index (χ4n) is 10.6. The van der Waals surface area contributed by atoms with Gasteiger partial charge >= 0.3 is 0 Å². The Bertz CT molecular complexity index is 4330. The van der Waals surface area contributed by atoms with E-state index in [9.17, 15) is 0 Å². The Morgan fingerprint density at radius 3 is 1.59 bits per heavy atom. The highest BCUT2D eigenvalue weighted by Gasteiger charge is 2.19. The van der Waals surface area contributed by atoms with Gasteiger partial charge in [-0.05, 0) is 120 Å². The molecule has 3 heterocycles. The van der Waals surface area contributed by atoms with Gasteiger partial charge in [-0.1, -0.05) is 176 Å². The summed E-state index contributed by atoms with van der Waals surface area (Å²) < 4.78 is 6.51. The number of pyridine rings is 1. The first-order valence-electron chi connectivity index (χ1n) is 23.4. The van der Waals surface area contributed by atoms with Crippen molar-refractivity contribution in [3.63, 3.8) is 0 Å². The summed E-state index contributed by atoms with van der Waals surface area (Å²) in [4.78, 5) is 16.3. The van der Waals surface area contributed by atoms with Crippen LogP contribution in [0.1, 0.15) is 0 Å². The number of hydrogen-bond acceptors (Lipinski definition) is 4. The first-order chi connectivity index (χ1) is 34.2. The minimum atomic E-state index is 0.794. The summed E-state index contributed by atoms with van der Waals surface area (Å²) in [6, 6.07) is 82.0. The maximum absolute atomic E-state index is 6.51.